The van der Waals surface area contributed by atoms with E-state index in [0.29, 0.717) is 16.8 Å². The molecule has 0 unspecified atom stereocenters. The number of carbonyl (C=O) groups is 2. The van der Waals surface area contributed by atoms with Gasteiger partial charge in [-0.05, 0) is 36.8 Å². The predicted molar refractivity (Wildman–Crippen MR) is 133 cm³/mol. The van der Waals surface area contributed by atoms with E-state index in [1.165, 1.54) is 10.8 Å². The second kappa shape index (κ2) is 10.1. The molecule has 190 valence electrons. The highest BCUT2D eigenvalue weighted by Crippen LogP contribution is 2.40. The molecule has 2 aromatic carbocycles. The van der Waals surface area contributed by atoms with Crippen molar-refractivity contribution in [3.8, 4) is 0 Å². The topological polar surface area (TPSA) is 135 Å². The van der Waals surface area contributed by atoms with Crippen LogP contribution in [0.2, 0.25) is 0 Å². The number of aliphatic hydroxyl groups excluding tert-OH is 2. The number of aromatic nitrogens is 3. The first kappa shape index (κ1) is 24.6. The van der Waals surface area contributed by atoms with Crippen molar-refractivity contribution in [3.63, 3.8) is 0 Å². The monoisotopic (exact) mass is 502 g/mol. The normalized spacial score (nSPS) is 23.2. The van der Waals surface area contributed by atoms with Crippen LogP contribution in [0.15, 0.2) is 79.1 Å². The molecular weight excluding hydrogens is 476 g/mol. The first-order valence-electron chi connectivity index (χ1n) is 11.8. The number of aliphatic hydroxyl groups is 2. The zero-order valence-corrected chi connectivity index (χ0v) is 20.0. The molecule has 0 aliphatic carbocycles. The lowest BCUT2D eigenvalue weighted by molar-refractivity contribution is -0.151. The molecule has 1 aliphatic heterocycles. The van der Waals surface area contributed by atoms with Crippen LogP contribution in [0.3, 0.4) is 0 Å². The molecule has 0 saturated carbocycles. The highest BCUT2D eigenvalue weighted by atomic mass is 16.6. The summed E-state index contributed by atoms with van der Waals surface area (Å²) in [5.74, 6) is -0.525. The number of rotatable bonds is 7. The summed E-state index contributed by atoms with van der Waals surface area (Å²) < 4.78 is 12.9. The number of ether oxygens (including phenoxy) is 2. The van der Waals surface area contributed by atoms with E-state index in [9.17, 15) is 19.8 Å². The number of esters is 1. The summed E-state index contributed by atoms with van der Waals surface area (Å²) in [5.41, 5.74) is 0.813. The third-order valence-corrected chi connectivity index (χ3v) is 6.49. The molecule has 3 heterocycles. The van der Waals surface area contributed by atoms with Crippen LogP contribution in [0, 0.1) is 0 Å². The van der Waals surface area contributed by atoms with Crippen molar-refractivity contribution < 1.29 is 29.3 Å². The van der Waals surface area contributed by atoms with Crippen molar-refractivity contribution in [1.82, 2.24) is 14.6 Å². The van der Waals surface area contributed by atoms with Crippen LogP contribution >= 0.6 is 0 Å². The number of anilines is 1. The van der Waals surface area contributed by atoms with Crippen molar-refractivity contribution in [3.05, 3.63) is 95.9 Å². The average Bonchev–Trinajstić information content (AvgIpc) is 3.45. The largest absolute Gasteiger partial charge is 0.463 e. The van der Waals surface area contributed by atoms with Crippen LogP contribution in [0.4, 0.5) is 5.82 Å². The number of benzene rings is 2. The number of fused-ring (bicyclic) bond motifs is 1. The van der Waals surface area contributed by atoms with Gasteiger partial charge in [-0.15, -0.1) is 0 Å². The predicted octanol–water partition coefficient (Wildman–Crippen LogP) is 2.10. The maximum absolute atomic E-state index is 12.6. The first-order valence-corrected chi connectivity index (χ1v) is 11.8. The first-order chi connectivity index (χ1) is 17.9. The standard InChI is InChI=1S/C27H26N4O6/c1-27(24(34)23(33)20(37-27)15-36-22(32)14-17-8-4-2-5-9-17)21-13-12-19-25(28-16-29-31(19)21)30-26(35)18-10-6-3-7-11-18/h2-13,16,20,23-24,33-34H,14-15H2,1H3,(H,28,29,30,35)/t20-,23-,24-,27+/m1/s1. The lowest BCUT2D eigenvalue weighted by Crippen LogP contribution is -2.39. The molecule has 2 aromatic heterocycles. The summed E-state index contributed by atoms with van der Waals surface area (Å²) in [4.78, 5) is 29.1. The fraction of sp³-hybridized carbons (Fsp3) is 0.259. The Labute approximate surface area is 212 Å². The van der Waals surface area contributed by atoms with Gasteiger partial charge >= 0.3 is 5.97 Å². The molecule has 1 saturated heterocycles. The van der Waals surface area contributed by atoms with Crippen LogP contribution in [-0.2, 0) is 26.3 Å². The lowest BCUT2D eigenvalue weighted by atomic mass is 9.93. The Morgan fingerprint density at radius 3 is 2.49 bits per heavy atom. The quantitative estimate of drug-likeness (QED) is 0.327. The summed E-state index contributed by atoms with van der Waals surface area (Å²) >= 11 is 0. The summed E-state index contributed by atoms with van der Waals surface area (Å²) in [6, 6.07) is 21.3. The van der Waals surface area contributed by atoms with Crippen LogP contribution in [0.5, 0.6) is 0 Å². The zero-order valence-electron chi connectivity index (χ0n) is 20.0. The second-order valence-corrected chi connectivity index (χ2v) is 8.99. The minimum absolute atomic E-state index is 0.0845. The molecule has 3 N–H and O–H groups in total. The van der Waals surface area contributed by atoms with Gasteiger partial charge in [0, 0.05) is 5.56 Å². The van der Waals surface area contributed by atoms with E-state index >= 15 is 0 Å². The molecule has 5 rings (SSSR count). The highest BCUT2D eigenvalue weighted by Gasteiger charge is 2.54. The smallest absolute Gasteiger partial charge is 0.310 e. The van der Waals surface area contributed by atoms with Crippen molar-refractivity contribution >= 4 is 23.2 Å². The number of hydrogen-bond donors (Lipinski definition) is 3. The molecule has 0 spiro atoms. The van der Waals surface area contributed by atoms with Gasteiger partial charge in [-0.2, -0.15) is 5.10 Å². The molecule has 37 heavy (non-hydrogen) atoms. The van der Waals surface area contributed by atoms with Gasteiger partial charge in [-0.3, -0.25) is 9.59 Å². The van der Waals surface area contributed by atoms with Crippen molar-refractivity contribution in [1.29, 1.82) is 0 Å². The van der Waals surface area contributed by atoms with Gasteiger partial charge in [0.1, 0.15) is 42.4 Å². The van der Waals surface area contributed by atoms with Crippen LogP contribution in [0.25, 0.3) is 5.52 Å². The van der Waals surface area contributed by atoms with Crippen LogP contribution in [-0.4, -0.2) is 61.6 Å². The molecule has 0 radical (unpaired) electrons. The molecule has 10 heteroatoms. The van der Waals surface area contributed by atoms with Gasteiger partial charge in [-0.25, -0.2) is 9.50 Å². The molecule has 1 aliphatic rings. The fourth-order valence-corrected chi connectivity index (χ4v) is 4.49. The summed E-state index contributed by atoms with van der Waals surface area (Å²) in [6.45, 7) is 1.40. The van der Waals surface area contributed by atoms with Crippen LogP contribution < -0.4 is 5.32 Å². The Morgan fingerprint density at radius 1 is 1.05 bits per heavy atom. The second-order valence-electron chi connectivity index (χ2n) is 8.99. The Morgan fingerprint density at radius 2 is 1.76 bits per heavy atom. The summed E-state index contributed by atoms with van der Waals surface area (Å²) in [5, 5.41) is 28.7. The highest BCUT2D eigenvalue weighted by molar-refractivity contribution is 6.05. The Kier molecular flexibility index (Phi) is 6.70. The number of amides is 1. The molecule has 4 atom stereocenters. The summed E-state index contributed by atoms with van der Waals surface area (Å²) in [6.07, 6.45) is -2.23. The van der Waals surface area contributed by atoms with Crippen molar-refractivity contribution in [2.45, 2.75) is 37.3 Å². The average molecular weight is 503 g/mol. The SMILES string of the molecule is C[C@@]1(c2ccc3c(NC(=O)c4ccccc4)ncnn23)O[C@H](COC(=O)Cc2ccccc2)[C@@H](O)[C@H]1O. The van der Waals surface area contributed by atoms with Gasteiger partial charge in [0.05, 0.1) is 12.1 Å². The van der Waals surface area contributed by atoms with E-state index in [2.05, 4.69) is 15.4 Å². The van der Waals surface area contributed by atoms with Crippen molar-refractivity contribution in [2.24, 2.45) is 0 Å². The Hall–Kier alpha value is -4.12. The maximum atomic E-state index is 12.6. The lowest BCUT2D eigenvalue weighted by Gasteiger charge is -2.27. The van der Waals surface area contributed by atoms with Gasteiger partial charge in [0.15, 0.2) is 5.82 Å². The van der Waals surface area contributed by atoms with E-state index in [1.54, 1.807) is 43.3 Å². The van der Waals surface area contributed by atoms with Gasteiger partial charge in [0.25, 0.3) is 5.91 Å². The maximum Gasteiger partial charge on any atom is 0.310 e. The van der Waals surface area contributed by atoms with Gasteiger partial charge < -0.3 is 25.0 Å². The third kappa shape index (κ3) is 4.82. The Balaban J connectivity index is 1.32. The molecule has 1 amide bonds. The molecule has 1 fully saturated rings. The fourth-order valence-electron chi connectivity index (χ4n) is 4.49. The summed E-state index contributed by atoms with van der Waals surface area (Å²) in [7, 11) is 0. The van der Waals surface area contributed by atoms with E-state index < -0.39 is 29.9 Å². The van der Waals surface area contributed by atoms with E-state index in [-0.39, 0.29) is 24.8 Å². The zero-order chi connectivity index (χ0) is 26.0. The van der Waals surface area contributed by atoms with Crippen molar-refractivity contribution in [2.75, 3.05) is 11.9 Å². The van der Waals surface area contributed by atoms with E-state index in [1.807, 2.05) is 36.4 Å². The van der Waals surface area contributed by atoms with Gasteiger partial charge in [-0.1, -0.05) is 48.5 Å². The van der Waals surface area contributed by atoms with E-state index in [4.69, 9.17) is 9.47 Å². The van der Waals surface area contributed by atoms with E-state index in [0.717, 1.165) is 5.56 Å². The third-order valence-electron chi connectivity index (χ3n) is 6.49. The Bertz CT molecular complexity index is 1410. The molecule has 4 aromatic rings. The minimum atomic E-state index is -1.38. The molecule has 0 bridgehead atoms. The molecular formula is C27H26N4O6. The van der Waals surface area contributed by atoms with Crippen LogP contribution in [0.1, 0.15) is 28.5 Å². The molecule has 10 nitrogen and oxygen atoms in total. The number of nitrogens with one attached hydrogen (secondary N) is 1. The number of carbonyl (C=O) groups excluding carboxylic acids is 2. The minimum Gasteiger partial charge on any atom is -0.463 e. The number of hydrogen-bond acceptors (Lipinski definition) is 8. The van der Waals surface area contributed by atoms with Gasteiger partial charge in [0.2, 0.25) is 0 Å². The number of nitrogens with zero attached hydrogens (tertiary/aromatic N) is 3.